The van der Waals surface area contributed by atoms with E-state index in [0.29, 0.717) is 0 Å². The van der Waals surface area contributed by atoms with Crippen LogP contribution in [0, 0.1) is 0 Å². The third-order valence-electron chi connectivity index (χ3n) is 8.74. The predicted octanol–water partition coefficient (Wildman–Crippen LogP) is 11.1. The van der Waals surface area contributed by atoms with Crippen molar-refractivity contribution in [1.29, 1.82) is 0 Å². The lowest BCUT2D eigenvalue weighted by atomic mass is 9.92. The van der Waals surface area contributed by atoms with E-state index in [2.05, 4.69) is 156 Å². The molecular formula is C40H25N. The van der Waals surface area contributed by atoms with Crippen molar-refractivity contribution in [1.82, 2.24) is 4.57 Å². The van der Waals surface area contributed by atoms with E-state index in [9.17, 15) is 0 Å². The third kappa shape index (κ3) is 3.24. The molecule has 9 rings (SSSR count). The molecule has 0 bridgehead atoms. The minimum Gasteiger partial charge on any atom is -0.309 e. The summed E-state index contributed by atoms with van der Waals surface area (Å²) in [7, 11) is 0. The molecular weight excluding hydrogens is 494 g/mol. The van der Waals surface area contributed by atoms with Gasteiger partial charge in [-0.25, -0.2) is 0 Å². The van der Waals surface area contributed by atoms with Gasteiger partial charge in [-0.3, -0.25) is 0 Å². The molecule has 1 nitrogen and oxygen atoms in total. The molecule has 0 aliphatic rings. The van der Waals surface area contributed by atoms with Gasteiger partial charge in [0.15, 0.2) is 0 Å². The van der Waals surface area contributed by atoms with Crippen molar-refractivity contribution in [2.45, 2.75) is 0 Å². The lowest BCUT2D eigenvalue weighted by molar-refractivity contribution is 1.20. The Hall–Kier alpha value is -5.40. The average Bonchev–Trinajstić information content (AvgIpc) is 3.38. The van der Waals surface area contributed by atoms with E-state index in [1.807, 2.05) is 0 Å². The molecule has 0 aliphatic carbocycles. The standard InChI is InChI=1S/C40H25N/c1-4-14-31-26(10-1)12-9-19-37(31)41-38-18-8-7-17-35(38)40-32-22-20-29(24-28(32)21-23-39(40)41)36-25-27-11-2-3-13-30(27)33-15-5-6-16-34(33)36/h1-25H. The fraction of sp³-hybridized carbons (Fsp3) is 0. The molecule has 8 aromatic carbocycles. The fourth-order valence-corrected chi connectivity index (χ4v) is 6.92. The van der Waals surface area contributed by atoms with Crippen molar-refractivity contribution < 1.29 is 0 Å². The van der Waals surface area contributed by atoms with Crippen LogP contribution in [0.2, 0.25) is 0 Å². The van der Waals surface area contributed by atoms with E-state index >= 15 is 0 Å². The maximum Gasteiger partial charge on any atom is 0.0547 e. The minimum atomic E-state index is 1.22. The second-order valence-electron chi connectivity index (χ2n) is 10.9. The highest BCUT2D eigenvalue weighted by molar-refractivity contribution is 6.22. The second-order valence-corrected chi connectivity index (χ2v) is 10.9. The Labute approximate surface area is 237 Å². The molecule has 0 aliphatic heterocycles. The predicted molar refractivity (Wildman–Crippen MR) is 176 cm³/mol. The zero-order chi connectivity index (χ0) is 26.9. The molecule has 0 atom stereocenters. The molecule has 0 radical (unpaired) electrons. The molecule has 9 aromatic rings. The van der Waals surface area contributed by atoms with Crippen LogP contribution in [-0.2, 0) is 0 Å². The highest BCUT2D eigenvalue weighted by Gasteiger charge is 2.17. The molecule has 1 heteroatoms. The summed E-state index contributed by atoms with van der Waals surface area (Å²) in [4.78, 5) is 0. The monoisotopic (exact) mass is 519 g/mol. The number of fused-ring (bicyclic) bond motifs is 9. The number of hydrogen-bond acceptors (Lipinski definition) is 0. The van der Waals surface area contributed by atoms with Gasteiger partial charge in [0.2, 0.25) is 0 Å². The molecule has 0 amide bonds. The molecule has 0 saturated carbocycles. The molecule has 190 valence electrons. The van der Waals surface area contributed by atoms with Crippen LogP contribution in [0.25, 0.3) is 81.7 Å². The lowest BCUT2D eigenvalue weighted by Crippen LogP contribution is -1.95. The fourth-order valence-electron chi connectivity index (χ4n) is 6.92. The van der Waals surface area contributed by atoms with Crippen LogP contribution in [0.4, 0.5) is 0 Å². The van der Waals surface area contributed by atoms with Crippen molar-refractivity contribution >= 4 is 64.9 Å². The highest BCUT2D eigenvalue weighted by Crippen LogP contribution is 2.41. The Balaban J connectivity index is 1.34. The van der Waals surface area contributed by atoms with Crippen molar-refractivity contribution in [2.75, 3.05) is 0 Å². The van der Waals surface area contributed by atoms with Gasteiger partial charge in [0.25, 0.3) is 0 Å². The zero-order valence-electron chi connectivity index (χ0n) is 22.4. The topological polar surface area (TPSA) is 4.93 Å². The van der Waals surface area contributed by atoms with Gasteiger partial charge < -0.3 is 4.57 Å². The molecule has 41 heavy (non-hydrogen) atoms. The van der Waals surface area contributed by atoms with E-state index in [4.69, 9.17) is 0 Å². The van der Waals surface area contributed by atoms with Crippen molar-refractivity contribution in [3.8, 4) is 16.8 Å². The van der Waals surface area contributed by atoms with Crippen LogP contribution in [0.3, 0.4) is 0 Å². The Morgan fingerprint density at radius 3 is 1.88 bits per heavy atom. The van der Waals surface area contributed by atoms with E-state index in [0.717, 1.165) is 0 Å². The Morgan fingerprint density at radius 2 is 1.00 bits per heavy atom. The number of benzene rings is 8. The molecule has 0 N–H and O–H groups in total. The minimum absolute atomic E-state index is 1.22. The Kier molecular flexibility index (Phi) is 4.67. The highest BCUT2D eigenvalue weighted by atomic mass is 15.0. The van der Waals surface area contributed by atoms with Gasteiger partial charge in [0.1, 0.15) is 0 Å². The summed E-state index contributed by atoms with van der Waals surface area (Å²) in [6, 6.07) is 55.5. The molecule has 1 aromatic heterocycles. The first-order valence-corrected chi connectivity index (χ1v) is 14.2. The van der Waals surface area contributed by atoms with Crippen LogP contribution in [0.5, 0.6) is 0 Å². The van der Waals surface area contributed by atoms with Gasteiger partial charge in [-0.15, -0.1) is 0 Å². The third-order valence-corrected chi connectivity index (χ3v) is 8.74. The van der Waals surface area contributed by atoms with Crippen LogP contribution in [-0.4, -0.2) is 4.57 Å². The van der Waals surface area contributed by atoms with Crippen LogP contribution in [0.15, 0.2) is 152 Å². The van der Waals surface area contributed by atoms with Gasteiger partial charge in [-0.05, 0) is 79.2 Å². The van der Waals surface area contributed by atoms with E-state index in [1.54, 1.807) is 0 Å². The SMILES string of the molecule is c1ccc2c(-n3c4ccccc4c4c5ccc(-c6cc7ccccc7c7ccccc67)cc5ccc43)cccc2c1. The van der Waals surface area contributed by atoms with Crippen LogP contribution in [0.1, 0.15) is 0 Å². The van der Waals surface area contributed by atoms with Gasteiger partial charge in [-0.2, -0.15) is 0 Å². The normalized spacial score (nSPS) is 11.9. The summed E-state index contributed by atoms with van der Waals surface area (Å²) < 4.78 is 2.44. The van der Waals surface area contributed by atoms with Gasteiger partial charge >= 0.3 is 0 Å². The maximum absolute atomic E-state index is 2.44. The summed E-state index contributed by atoms with van der Waals surface area (Å²) in [5.41, 5.74) is 6.21. The average molecular weight is 520 g/mol. The van der Waals surface area contributed by atoms with E-state index < -0.39 is 0 Å². The van der Waals surface area contributed by atoms with Crippen molar-refractivity contribution in [2.24, 2.45) is 0 Å². The zero-order valence-corrected chi connectivity index (χ0v) is 22.4. The molecule has 0 fully saturated rings. The van der Waals surface area contributed by atoms with Gasteiger partial charge in [0, 0.05) is 16.2 Å². The summed E-state index contributed by atoms with van der Waals surface area (Å²) in [5, 5.41) is 12.8. The van der Waals surface area contributed by atoms with Crippen molar-refractivity contribution in [3.05, 3.63) is 152 Å². The largest absolute Gasteiger partial charge is 0.309 e. The van der Waals surface area contributed by atoms with Crippen LogP contribution >= 0.6 is 0 Å². The summed E-state index contributed by atoms with van der Waals surface area (Å²) in [5.74, 6) is 0. The smallest absolute Gasteiger partial charge is 0.0547 e. The van der Waals surface area contributed by atoms with Gasteiger partial charge in [0.05, 0.1) is 16.7 Å². The first-order chi connectivity index (χ1) is 20.3. The maximum atomic E-state index is 2.44. The van der Waals surface area contributed by atoms with Crippen molar-refractivity contribution in [3.63, 3.8) is 0 Å². The molecule has 0 unspecified atom stereocenters. The first-order valence-electron chi connectivity index (χ1n) is 14.2. The second kappa shape index (κ2) is 8.55. The van der Waals surface area contributed by atoms with Gasteiger partial charge in [-0.1, -0.05) is 121 Å². The summed E-state index contributed by atoms with van der Waals surface area (Å²) in [6.45, 7) is 0. The molecule has 0 spiro atoms. The van der Waals surface area contributed by atoms with E-state index in [-0.39, 0.29) is 0 Å². The first kappa shape index (κ1) is 22.4. The Bertz CT molecular complexity index is 2470. The summed E-state index contributed by atoms with van der Waals surface area (Å²) in [6.07, 6.45) is 0. The quantitative estimate of drug-likeness (QED) is 0.200. The molecule has 1 heterocycles. The lowest BCUT2D eigenvalue weighted by Gasteiger charge is -2.13. The number of hydrogen-bond donors (Lipinski definition) is 0. The molecule has 0 saturated heterocycles. The number of rotatable bonds is 2. The number of aromatic nitrogens is 1. The number of nitrogens with zero attached hydrogens (tertiary/aromatic N) is 1. The van der Waals surface area contributed by atoms with Crippen LogP contribution < -0.4 is 0 Å². The number of para-hydroxylation sites is 1. The van der Waals surface area contributed by atoms with E-state index in [1.165, 1.54) is 81.7 Å². The summed E-state index contributed by atoms with van der Waals surface area (Å²) >= 11 is 0. The Morgan fingerprint density at radius 1 is 0.341 bits per heavy atom.